The van der Waals surface area contributed by atoms with Gasteiger partial charge in [-0.05, 0) is 36.6 Å². The van der Waals surface area contributed by atoms with E-state index < -0.39 is 0 Å². The second kappa shape index (κ2) is 6.02. The number of nitrogens with zero attached hydrogens (tertiary/aromatic N) is 2. The topological polar surface area (TPSA) is 57.4 Å². The van der Waals surface area contributed by atoms with Crippen LogP contribution < -0.4 is 0 Å². The Morgan fingerprint density at radius 2 is 1.55 bits per heavy atom. The van der Waals surface area contributed by atoms with Gasteiger partial charge in [-0.3, -0.25) is 10.2 Å². The summed E-state index contributed by atoms with van der Waals surface area (Å²) in [4.78, 5) is 0. The number of benzene rings is 2. The van der Waals surface area contributed by atoms with Crippen LogP contribution in [-0.2, 0) is 0 Å². The molecule has 0 aliphatic rings. The number of nitrogens with one attached hydrogen (secondary N) is 2. The van der Waals surface area contributed by atoms with Crippen molar-refractivity contribution >= 4 is 21.8 Å². The van der Waals surface area contributed by atoms with E-state index in [4.69, 9.17) is 0 Å². The van der Waals surface area contributed by atoms with Crippen LogP contribution >= 0.6 is 0 Å². The minimum Gasteiger partial charge on any atom is -0.278 e. The smallest absolute Gasteiger partial charge is 0.0653 e. The summed E-state index contributed by atoms with van der Waals surface area (Å²) in [6, 6.07) is 12.6. The minimum atomic E-state index is 0.581. The van der Waals surface area contributed by atoms with Crippen molar-refractivity contribution in [3.63, 3.8) is 0 Å². The Hall–Kier alpha value is -2.62. The predicted molar refractivity (Wildman–Crippen MR) is 91.0 cm³/mol. The van der Waals surface area contributed by atoms with E-state index in [1.165, 1.54) is 21.9 Å². The molecule has 0 saturated heterocycles. The summed E-state index contributed by atoms with van der Waals surface area (Å²) in [5.41, 5.74) is 4.85. The summed E-state index contributed by atoms with van der Waals surface area (Å²) in [6.07, 6.45) is 3.68. The molecule has 4 heteroatoms. The Bertz CT molecular complexity index is 886. The lowest BCUT2D eigenvalue weighted by Crippen LogP contribution is -1.85. The van der Waals surface area contributed by atoms with Crippen LogP contribution in [0.5, 0.6) is 0 Å². The highest BCUT2D eigenvalue weighted by Crippen LogP contribution is 2.19. The third-order valence-corrected chi connectivity index (χ3v) is 3.73. The van der Waals surface area contributed by atoms with Crippen molar-refractivity contribution in [3.05, 3.63) is 59.9 Å². The normalized spacial score (nSPS) is 10.9. The predicted octanol–water partition coefficient (Wildman–Crippen LogP) is 4.56. The highest BCUT2D eigenvalue weighted by atomic mass is 15.1. The second-order valence-electron chi connectivity index (χ2n) is 5.83. The van der Waals surface area contributed by atoms with Crippen LogP contribution in [0.2, 0.25) is 0 Å². The largest absolute Gasteiger partial charge is 0.278 e. The van der Waals surface area contributed by atoms with E-state index in [1.807, 2.05) is 18.5 Å². The average Bonchev–Trinajstić information content (AvgIpc) is 3.14. The molecule has 2 N–H and O–H groups in total. The van der Waals surface area contributed by atoms with Gasteiger partial charge < -0.3 is 0 Å². The highest BCUT2D eigenvalue weighted by Gasteiger charge is 2.00. The van der Waals surface area contributed by atoms with Crippen LogP contribution in [0, 0.1) is 6.92 Å². The molecule has 0 fully saturated rings. The molecule has 2 aromatic carbocycles. The molecule has 0 unspecified atom stereocenters. The molecular formula is C18H20N4. The second-order valence-corrected chi connectivity index (χ2v) is 5.83. The van der Waals surface area contributed by atoms with Crippen LogP contribution in [0.1, 0.15) is 30.9 Å². The molecule has 4 nitrogen and oxygen atoms in total. The van der Waals surface area contributed by atoms with Crippen LogP contribution in [0.3, 0.4) is 0 Å². The molecule has 0 aliphatic carbocycles. The van der Waals surface area contributed by atoms with Gasteiger partial charge in [0, 0.05) is 10.8 Å². The maximum Gasteiger partial charge on any atom is 0.0653 e. The first-order chi connectivity index (χ1) is 10.6. The average molecular weight is 292 g/mol. The van der Waals surface area contributed by atoms with Crippen LogP contribution in [0.15, 0.2) is 48.8 Å². The fourth-order valence-electron chi connectivity index (χ4n) is 2.38. The number of fused-ring (bicyclic) bond motifs is 2. The van der Waals surface area contributed by atoms with Crippen LogP contribution in [0.25, 0.3) is 21.8 Å². The zero-order chi connectivity index (χ0) is 15.5. The van der Waals surface area contributed by atoms with E-state index in [2.05, 4.69) is 71.5 Å². The first-order valence-corrected chi connectivity index (χ1v) is 7.46. The van der Waals surface area contributed by atoms with Gasteiger partial charge in [-0.2, -0.15) is 10.2 Å². The molecule has 22 heavy (non-hydrogen) atoms. The third-order valence-electron chi connectivity index (χ3n) is 3.73. The van der Waals surface area contributed by atoms with Crippen LogP contribution in [0.4, 0.5) is 0 Å². The van der Waals surface area contributed by atoms with Crippen molar-refractivity contribution in [3.8, 4) is 0 Å². The monoisotopic (exact) mass is 292 g/mol. The Balaban J connectivity index is 0.000000133. The zero-order valence-corrected chi connectivity index (χ0v) is 13.1. The summed E-state index contributed by atoms with van der Waals surface area (Å²) in [6.45, 7) is 6.46. The van der Waals surface area contributed by atoms with Crippen molar-refractivity contribution in [2.75, 3.05) is 0 Å². The first kappa shape index (κ1) is 14.3. The fraction of sp³-hybridized carbons (Fsp3) is 0.222. The maximum absolute atomic E-state index is 3.98. The van der Waals surface area contributed by atoms with Gasteiger partial charge in [0.2, 0.25) is 0 Å². The Morgan fingerprint density at radius 3 is 2.32 bits per heavy atom. The third kappa shape index (κ3) is 3.01. The molecule has 4 aromatic rings. The SMILES string of the molecule is CC(C)c1ccc2cn[nH]c2c1.Cc1ccc2[nH]ncc2c1. The molecule has 0 aliphatic heterocycles. The van der Waals surface area contributed by atoms with E-state index in [1.54, 1.807) is 0 Å². The van der Waals surface area contributed by atoms with Crippen LogP contribution in [-0.4, -0.2) is 20.4 Å². The van der Waals surface area contributed by atoms with Crippen molar-refractivity contribution in [1.82, 2.24) is 20.4 Å². The Morgan fingerprint density at radius 1 is 0.818 bits per heavy atom. The van der Waals surface area contributed by atoms with E-state index in [0.717, 1.165) is 11.0 Å². The number of hydrogen-bond acceptors (Lipinski definition) is 2. The van der Waals surface area contributed by atoms with Gasteiger partial charge in [-0.25, -0.2) is 0 Å². The van der Waals surface area contributed by atoms with Gasteiger partial charge in [0.1, 0.15) is 0 Å². The van der Waals surface area contributed by atoms with E-state index in [-0.39, 0.29) is 0 Å². The number of aromatic nitrogens is 4. The number of rotatable bonds is 1. The fourth-order valence-corrected chi connectivity index (χ4v) is 2.38. The van der Waals surface area contributed by atoms with Crippen molar-refractivity contribution < 1.29 is 0 Å². The van der Waals surface area contributed by atoms with Gasteiger partial charge in [0.25, 0.3) is 0 Å². The quantitative estimate of drug-likeness (QED) is 0.540. The van der Waals surface area contributed by atoms with Gasteiger partial charge in [0.15, 0.2) is 0 Å². The summed E-state index contributed by atoms with van der Waals surface area (Å²) in [5.74, 6) is 0.581. The van der Waals surface area contributed by atoms with Crippen molar-refractivity contribution in [2.24, 2.45) is 0 Å². The summed E-state index contributed by atoms with van der Waals surface area (Å²) in [5, 5.41) is 16.1. The number of H-pyrrole nitrogens is 2. The van der Waals surface area contributed by atoms with E-state index in [0.29, 0.717) is 5.92 Å². The van der Waals surface area contributed by atoms with Crippen molar-refractivity contribution in [2.45, 2.75) is 26.7 Å². The van der Waals surface area contributed by atoms with Gasteiger partial charge >= 0.3 is 0 Å². The molecular weight excluding hydrogens is 272 g/mol. The van der Waals surface area contributed by atoms with Gasteiger partial charge in [0.05, 0.1) is 23.4 Å². The molecule has 112 valence electrons. The van der Waals surface area contributed by atoms with Gasteiger partial charge in [-0.1, -0.05) is 37.6 Å². The van der Waals surface area contributed by atoms with Crippen molar-refractivity contribution in [1.29, 1.82) is 0 Å². The maximum atomic E-state index is 3.98. The highest BCUT2D eigenvalue weighted by molar-refractivity contribution is 5.79. The number of aromatic amines is 2. The molecule has 0 atom stereocenters. The molecule has 0 saturated carbocycles. The molecule has 0 radical (unpaired) electrons. The molecule has 0 spiro atoms. The first-order valence-electron chi connectivity index (χ1n) is 7.46. The zero-order valence-electron chi connectivity index (χ0n) is 13.1. The molecule has 0 amide bonds. The standard InChI is InChI=1S/C10H12N2.C8H8N2/c1-7(2)8-3-4-9-6-11-12-10(9)5-8;1-6-2-3-8-7(4-6)5-9-10-8/h3-7H,1-2H3,(H,11,12);2-5H,1H3,(H,9,10). The van der Waals surface area contributed by atoms with E-state index >= 15 is 0 Å². The number of aryl methyl sites for hydroxylation is 1. The van der Waals surface area contributed by atoms with E-state index in [9.17, 15) is 0 Å². The molecule has 2 aromatic heterocycles. The minimum absolute atomic E-state index is 0.581. The number of hydrogen-bond donors (Lipinski definition) is 2. The summed E-state index contributed by atoms with van der Waals surface area (Å²) < 4.78 is 0. The lowest BCUT2D eigenvalue weighted by molar-refractivity contribution is 0.868. The lowest BCUT2D eigenvalue weighted by Gasteiger charge is -2.03. The van der Waals surface area contributed by atoms with Gasteiger partial charge in [-0.15, -0.1) is 0 Å². The summed E-state index contributed by atoms with van der Waals surface area (Å²) >= 11 is 0. The molecule has 0 bridgehead atoms. The molecule has 4 rings (SSSR count). The lowest BCUT2D eigenvalue weighted by atomic mass is 10.0. The summed E-state index contributed by atoms with van der Waals surface area (Å²) in [7, 11) is 0. The Kier molecular flexibility index (Phi) is 3.92. The Labute approximate surface area is 129 Å². The molecule has 2 heterocycles.